The summed E-state index contributed by atoms with van der Waals surface area (Å²) in [6, 6.07) is 2.07. The van der Waals surface area contributed by atoms with Crippen LogP contribution in [-0.2, 0) is 6.18 Å². The first kappa shape index (κ1) is 12.3. The van der Waals surface area contributed by atoms with Crippen LogP contribution in [0.3, 0.4) is 0 Å². The van der Waals surface area contributed by atoms with Crippen molar-refractivity contribution in [2.24, 2.45) is 0 Å². The Hall–Kier alpha value is -0.810. The summed E-state index contributed by atoms with van der Waals surface area (Å²) >= 11 is 5.24. The maximum absolute atomic E-state index is 12.6. The predicted octanol–water partition coefficient (Wildman–Crippen LogP) is 3.12. The van der Waals surface area contributed by atoms with E-state index >= 15 is 0 Å². The third-order valence-corrected chi connectivity index (χ3v) is 2.12. The van der Waals surface area contributed by atoms with E-state index in [0.717, 1.165) is 12.1 Å². The fourth-order valence-electron chi connectivity index (χ4n) is 1.15. The highest BCUT2D eigenvalue weighted by Gasteiger charge is 2.35. The van der Waals surface area contributed by atoms with Gasteiger partial charge in [0.25, 0.3) is 0 Å². The van der Waals surface area contributed by atoms with E-state index in [1.54, 1.807) is 0 Å². The Morgan fingerprint density at radius 1 is 1.33 bits per heavy atom. The van der Waals surface area contributed by atoms with Crippen molar-refractivity contribution in [3.05, 3.63) is 35.1 Å². The summed E-state index contributed by atoms with van der Waals surface area (Å²) in [5, 5.41) is 9.21. The highest BCUT2D eigenvalue weighted by molar-refractivity contribution is 6.18. The number of halogens is 5. The number of aliphatic hydroxyl groups excluding tert-OH is 1. The van der Waals surface area contributed by atoms with Crippen LogP contribution in [0, 0.1) is 5.82 Å². The van der Waals surface area contributed by atoms with Crippen LogP contribution in [0.2, 0.25) is 0 Å². The van der Waals surface area contributed by atoms with Gasteiger partial charge in [-0.2, -0.15) is 13.2 Å². The van der Waals surface area contributed by atoms with Crippen LogP contribution in [-0.4, -0.2) is 11.0 Å². The molecule has 0 aliphatic rings. The van der Waals surface area contributed by atoms with E-state index in [1.807, 2.05) is 0 Å². The summed E-state index contributed by atoms with van der Waals surface area (Å²) in [6.07, 6.45) is -6.16. The van der Waals surface area contributed by atoms with Gasteiger partial charge in [-0.3, -0.25) is 0 Å². The Morgan fingerprint density at radius 3 is 2.40 bits per heavy atom. The van der Waals surface area contributed by atoms with Crippen LogP contribution >= 0.6 is 11.6 Å². The zero-order valence-electron chi connectivity index (χ0n) is 7.35. The fraction of sp³-hybridized carbons (Fsp3) is 0.333. The molecule has 0 bridgehead atoms. The third kappa shape index (κ3) is 2.82. The number of hydrogen-bond donors (Lipinski definition) is 1. The molecule has 1 atom stereocenters. The molecule has 6 heteroatoms. The van der Waals surface area contributed by atoms with E-state index in [-0.39, 0.29) is 5.88 Å². The second kappa shape index (κ2) is 4.37. The van der Waals surface area contributed by atoms with Gasteiger partial charge >= 0.3 is 6.18 Å². The molecule has 84 valence electrons. The minimum absolute atomic E-state index is 0.338. The Kier molecular flexibility index (Phi) is 3.57. The minimum atomic E-state index is -4.70. The molecule has 15 heavy (non-hydrogen) atoms. The van der Waals surface area contributed by atoms with Crippen LogP contribution in [0.15, 0.2) is 18.2 Å². The average molecular weight is 243 g/mol. The van der Waals surface area contributed by atoms with Gasteiger partial charge in [0.2, 0.25) is 0 Å². The largest absolute Gasteiger partial charge is 0.416 e. The zero-order valence-corrected chi connectivity index (χ0v) is 8.11. The van der Waals surface area contributed by atoms with Crippen LogP contribution in [0.5, 0.6) is 0 Å². The first-order chi connectivity index (χ1) is 6.86. The molecule has 0 spiro atoms. The smallest absolute Gasteiger partial charge is 0.387 e. The summed E-state index contributed by atoms with van der Waals surface area (Å²) in [6.45, 7) is 0. The van der Waals surface area contributed by atoms with Gasteiger partial charge in [-0.1, -0.05) is 6.07 Å². The van der Waals surface area contributed by atoms with Gasteiger partial charge in [0.1, 0.15) is 5.82 Å². The van der Waals surface area contributed by atoms with Crippen LogP contribution in [0.4, 0.5) is 17.6 Å². The second-order valence-electron chi connectivity index (χ2n) is 2.90. The number of aliphatic hydroxyl groups is 1. The van der Waals surface area contributed by atoms with Crippen molar-refractivity contribution >= 4 is 11.6 Å². The van der Waals surface area contributed by atoms with Crippen molar-refractivity contribution in [2.45, 2.75) is 12.3 Å². The number of hydrogen-bond acceptors (Lipinski definition) is 1. The van der Waals surface area contributed by atoms with Gasteiger partial charge in [-0.15, -0.1) is 11.6 Å². The normalized spacial score (nSPS) is 14.0. The van der Waals surface area contributed by atoms with E-state index in [4.69, 9.17) is 11.6 Å². The molecule has 1 rings (SSSR count). The van der Waals surface area contributed by atoms with E-state index in [9.17, 15) is 22.7 Å². The maximum atomic E-state index is 12.6. The molecule has 0 amide bonds. The highest BCUT2D eigenvalue weighted by atomic mass is 35.5. The van der Waals surface area contributed by atoms with Gasteiger partial charge in [-0.25, -0.2) is 4.39 Å². The Morgan fingerprint density at radius 2 is 1.93 bits per heavy atom. The van der Waals surface area contributed by atoms with E-state index in [0.29, 0.717) is 6.07 Å². The molecule has 0 radical (unpaired) electrons. The minimum Gasteiger partial charge on any atom is -0.387 e. The molecule has 0 fully saturated rings. The standard InChI is InChI=1S/C9H7ClF4O/c10-4-8(15)6-2-1-5(11)3-7(6)9(12,13)14/h1-3,8,15H,4H2/t8-/m1/s1. The molecule has 1 aromatic rings. The molecule has 0 unspecified atom stereocenters. The van der Waals surface area contributed by atoms with Gasteiger partial charge in [-0.05, 0) is 17.7 Å². The lowest BCUT2D eigenvalue weighted by molar-refractivity contribution is -0.139. The molecule has 1 N–H and O–H groups in total. The first-order valence-corrected chi connectivity index (χ1v) is 4.50. The molecule has 0 saturated carbocycles. The van der Waals surface area contributed by atoms with Crippen molar-refractivity contribution in [2.75, 3.05) is 5.88 Å². The van der Waals surface area contributed by atoms with Crippen LogP contribution < -0.4 is 0 Å². The quantitative estimate of drug-likeness (QED) is 0.624. The molecule has 0 saturated heterocycles. The fourth-order valence-corrected chi connectivity index (χ4v) is 1.31. The molecule has 1 nitrogen and oxygen atoms in total. The third-order valence-electron chi connectivity index (χ3n) is 1.83. The lowest BCUT2D eigenvalue weighted by Gasteiger charge is -2.15. The summed E-state index contributed by atoms with van der Waals surface area (Å²) < 4.78 is 49.8. The predicted molar refractivity (Wildman–Crippen MR) is 47.1 cm³/mol. The number of alkyl halides is 4. The first-order valence-electron chi connectivity index (χ1n) is 3.97. The monoisotopic (exact) mass is 242 g/mol. The Bertz CT molecular complexity index is 350. The topological polar surface area (TPSA) is 20.2 Å². The van der Waals surface area contributed by atoms with E-state index < -0.39 is 29.2 Å². The molecular formula is C9H7ClF4O. The Balaban J connectivity index is 3.27. The number of rotatable bonds is 2. The van der Waals surface area contributed by atoms with Crippen molar-refractivity contribution in [3.63, 3.8) is 0 Å². The second-order valence-corrected chi connectivity index (χ2v) is 3.21. The van der Waals surface area contributed by atoms with Gasteiger partial charge in [0.15, 0.2) is 0 Å². The molecule has 0 aliphatic carbocycles. The molecule has 0 aliphatic heterocycles. The zero-order chi connectivity index (χ0) is 11.6. The summed E-state index contributed by atoms with van der Waals surface area (Å²) in [5.74, 6) is -1.39. The van der Waals surface area contributed by atoms with Crippen molar-refractivity contribution in [3.8, 4) is 0 Å². The average Bonchev–Trinajstić information content (AvgIpc) is 2.15. The van der Waals surface area contributed by atoms with E-state index in [2.05, 4.69) is 0 Å². The highest BCUT2D eigenvalue weighted by Crippen LogP contribution is 2.35. The molecule has 0 heterocycles. The van der Waals surface area contributed by atoms with Crippen molar-refractivity contribution in [1.29, 1.82) is 0 Å². The summed E-state index contributed by atoms with van der Waals surface area (Å²) in [7, 11) is 0. The van der Waals surface area contributed by atoms with Crippen molar-refractivity contribution < 1.29 is 22.7 Å². The van der Waals surface area contributed by atoms with E-state index in [1.165, 1.54) is 0 Å². The summed E-state index contributed by atoms with van der Waals surface area (Å²) in [5.41, 5.74) is -1.62. The SMILES string of the molecule is O[C@H](CCl)c1ccc(F)cc1C(F)(F)F. The molecular weight excluding hydrogens is 236 g/mol. The lowest BCUT2D eigenvalue weighted by atomic mass is 10.0. The van der Waals surface area contributed by atoms with Gasteiger partial charge in [0, 0.05) is 0 Å². The Labute approximate surface area is 88.3 Å². The summed E-state index contributed by atoms with van der Waals surface area (Å²) in [4.78, 5) is 0. The molecule has 0 aromatic heterocycles. The molecule has 1 aromatic carbocycles. The van der Waals surface area contributed by atoms with Crippen LogP contribution in [0.25, 0.3) is 0 Å². The van der Waals surface area contributed by atoms with Crippen LogP contribution in [0.1, 0.15) is 17.2 Å². The maximum Gasteiger partial charge on any atom is 0.416 e. The lowest BCUT2D eigenvalue weighted by Crippen LogP contribution is -2.13. The number of benzene rings is 1. The van der Waals surface area contributed by atoms with Crippen molar-refractivity contribution in [1.82, 2.24) is 0 Å². The van der Waals surface area contributed by atoms with Gasteiger partial charge in [0.05, 0.1) is 17.5 Å². The van der Waals surface area contributed by atoms with Gasteiger partial charge < -0.3 is 5.11 Å².